The molecule has 0 aliphatic heterocycles. The molecule has 0 aliphatic rings. The van der Waals surface area contributed by atoms with Crippen molar-refractivity contribution in [1.82, 2.24) is 39.8 Å². The third kappa shape index (κ3) is 7.95. The van der Waals surface area contributed by atoms with E-state index in [-0.39, 0.29) is 37.3 Å². The number of aromatic hydroxyl groups is 1. The van der Waals surface area contributed by atoms with E-state index in [1.807, 2.05) is 133 Å². The Balaban J connectivity index is 0.000000124. The van der Waals surface area contributed by atoms with Crippen molar-refractivity contribution in [1.29, 1.82) is 0 Å². The summed E-state index contributed by atoms with van der Waals surface area (Å²) < 4.78 is 1.38. The van der Waals surface area contributed by atoms with Gasteiger partial charge in [0.15, 0.2) is 5.78 Å². The average molecular weight is 959 g/mol. The van der Waals surface area contributed by atoms with Gasteiger partial charge in [0.05, 0.1) is 11.4 Å². The van der Waals surface area contributed by atoms with Gasteiger partial charge in [-0.15, -0.1) is 33.7 Å². The molecule has 0 fully saturated rings. The first-order valence-corrected chi connectivity index (χ1v) is 18.9. The summed E-state index contributed by atoms with van der Waals surface area (Å²) in [6.07, 6.45) is 0. The topological polar surface area (TPSA) is 117 Å². The molecular formula is C49H34IrN8O2-2. The zero-order chi connectivity index (χ0) is 40.1. The van der Waals surface area contributed by atoms with Crippen molar-refractivity contribution in [2.75, 3.05) is 0 Å². The minimum Gasteiger partial charge on any atom is -0.493 e. The molecule has 11 heteroatoms. The number of fused-ring (bicyclic) bond motifs is 4. The molecule has 1 radical (unpaired) electrons. The van der Waals surface area contributed by atoms with Gasteiger partial charge in [0.1, 0.15) is 27.6 Å². The molecule has 293 valence electrons. The summed E-state index contributed by atoms with van der Waals surface area (Å²) in [6, 6.07) is 64.6. The van der Waals surface area contributed by atoms with Crippen molar-refractivity contribution >= 4 is 49.4 Å². The van der Waals surface area contributed by atoms with E-state index in [0.717, 1.165) is 55.0 Å². The van der Waals surface area contributed by atoms with Crippen LogP contribution in [0.15, 0.2) is 182 Å². The number of nitrogens with zero attached hydrogens (tertiary/aromatic N) is 8. The van der Waals surface area contributed by atoms with Gasteiger partial charge in [-0.2, -0.15) is 71.5 Å². The second-order valence-electron chi connectivity index (χ2n) is 13.5. The summed E-state index contributed by atoms with van der Waals surface area (Å²) in [4.78, 5) is 15.8. The van der Waals surface area contributed by atoms with Gasteiger partial charge in [0.25, 0.3) is 0 Å². The number of aryl methyl sites for hydroxylation is 1. The van der Waals surface area contributed by atoms with E-state index >= 15 is 0 Å². The van der Waals surface area contributed by atoms with Crippen LogP contribution in [-0.2, 0) is 20.1 Å². The fourth-order valence-electron chi connectivity index (χ4n) is 6.81. The Bertz CT molecular complexity index is 3010. The van der Waals surface area contributed by atoms with Gasteiger partial charge in [0.2, 0.25) is 5.88 Å². The molecular weight excluding hydrogens is 925 g/mol. The molecule has 0 atom stereocenters. The molecule has 0 bridgehead atoms. The Morgan fingerprint density at radius 3 is 1.37 bits per heavy atom. The normalized spacial score (nSPS) is 10.8. The number of para-hydroxylation sites is 1. The molecule has 0 saturated heterocycles. The minimum atomic E-state index is -0.229. The Morgan fingerprint density at radius 1 is 0.500 bits per heavy atom. The fraction of sp³-hybridized carbons (Fsp3) is 0.0204. The first kappa shape index (κ1) is 39.2. The number of hydrogen-bond donors (Lipinski definition) is 1. The number of rotatable bonds is 5. The van der Waals surface area contributed by atoms with Gasteiger partial charge in [0, 0.05) is 25.7 Å². The maximum atomic E-state index is 12.5. The van der Waals surface area contributed by atoms with Gasteiger partial charge in [-0.3, -0.25) is 4.79 Å². The van der Waals surface area contributed by atoms with Crippen molar-refractivity contribution in [3.8, 4) is 22.9 Å². The summed E-state index contributed by atoms with van der Waals surface area (Å²) >= 11 is 0. The molecule has 0 saturated carbocycles. The van der Waals surface area contributed by atoms with Crippen molar-refractivity contribution < 1.29 is 30.0 Å². The zero-order valence-electron chi connectivity index (χ0n) is 32.1. The van der Waals surface area contributed by atoms with E-state index in [4.69, 9.17) is 0 Å². The maximum Gasteiger partial charge on any atom is 0.225 e. The van der Waals surface area contributed by atoms with Crippen LogP contribution in [0.2, 0.25) is 0 Å². The van der Waals surface area contributed by atoms with Crippen molar-refractivity contribution in [3.63, 3.8) is 0 Å². The smallest absolute Gasteiger partial charge is 0.225 e. The Morgan fingerprint density at radius 2 is 0.900 bits per heavy atom. The predicted octanol–water partition coefficient (Wildman–Crippen LogP) is 9.86. The summed E-state index contributed by atoms with van der Waals surface area (Å²) in [6.45, 7) is 1.72. The molecule has 3 aromatic heterocycles. The van der Waals surface area contributed by atoms with E-state index in [0.29, 0.717) is 16.9 Å². The van der Waals surface area contributed by atoms with Crippen molar-refractivity contribution in [2.45, 2.75) is 6.92 Å². The fourth-order valence-corrected chi connectivity index (χ4v) is 6.81. The standard InChI is InChI=1S/C17H14N2O2.2C16H10N3.Ir/c1-12-15(16(20)13-8-4-2-5-9-13)17(21)19(18-12)14-10-6-3-7-11-14;2*1-2-8-13-12(6-1)7-5-11-16(13)19-17-14-9-3-4-10-15(14)18-19;/h2-11,21H,1H3;2*1-10H;/q;2*-1;. The molecule has 3 heterocycles. The van der Waals surface area contributed by atoms with Gasteiger partial charge in [-0.05, 0) is 54.7 Å². The van der Waals surface area contributed by atoms with Gasteiger partial charge < -0.3 is 5.11 Å². The van der Waals surface area contributed by atoms with Crippen LogP contribution in [0.25, 0.3) is 60.7 Å². The molecule has 11 aromatic rings. The van der Waals surface area contributed by atoms with Crippen LogP contribution < -0.4 is 0 Å². The summed E-state index contributed by atoms with van der Waals surface area (Å²) in [7, 11) is 0. The largest absolute Gasteiger partial charge is 0.493 e. The molecule has 0 aliphatic carbocycles. The van der Waals surface area contributed by atoms with Gasteiger partial charge in [-0.1, -0.05) is 109 Å². The Labute approximate surface area is 358 Å². The first-order valence-electron chi connectivity index (χ1n) is 18.9. The van der Waals surface area contributed by atoms with Crippen LogP contribution in [-0.4, -0.2) is 50.7 Å². The quantitative estimate of drug-likeness (QED) is 0.135. The van der Waals surface area contributed by atoms with E-state index in [1.54, 1.807) is 40.8 Å². The molecule has 8 aromatic carbocycles. The van der Waals surface area contributed by atoms with Crippen LogP contribution in [0.5, 0.6) is 5.88 Å². The van der Waals surface area contributed by atoms with Crippen LogP contribution in [0.3, 0.4) is 0 Å². The first-order chi connectivity index (χ1) is 29.0. The Kier molecular flexibility index (Phi) is 11.4. The summed E-state index contributed by atoms with van der Waals surface area (Å²) in [5.41, 5.74) is 7.33. The predicted molar refractivity (Wildman–Crippen MR) is 230 cm³/mol. The van der Waals surface area contributed by atoms with Crippen LogP contribution >= 0.6 is 0 Å². The minimum absolute atomic E-state index is 0. The van der Waals surface area contributed by atoms with Crippen LogP contribution in [0.4, 0.5) is 0 Å². The van der Waals surface area contributed by atoms with Crippen LogP contribution in [0.1, 0.15) is 21.6 Å². The number of ketones is 1. The van der Waals surface area contributed by atoms with Crippen molar-refractivity contribution in [2.24, 2.45) is 0 Å². The van der Waals surface area contributed by atoms with Crippen LogP contribution in [0, 0.1) is 19.1 Å². The Hall–Kier alpha value is -7.59. The molecule has 1 N–H and O–H groups in total. The SMILES string of the molecule is Cc1nn(-c2ccccc2)c(O)c1C(=O)c1ccccc1.[Ir].[c-]1ccc2ccccc2c1-n1nc2ccccc2n1.[c-]1ccc2ccccc2c1-n1nc2ccccc2n1. The van der Waals surface area contributed by atoms with Crippen molar-refractivity contribution in [3.05, 3.63) is 211 Å². The molecule has 11 rings (SSSR count). The number of benzene rings is 8. The second kappa shape index (κ2) is 17.5. The maximum absolute atomic E-state index is 12.5. The van der Waals surface area contributed by atoms with E-state index < -0.39 is 0 Å². The third-order valence-corrected chi connectivity index (χ3v) is 9.67. The number of carbonyl (C=O) groups is 1. The number of hydrogen-bond acceptors (Lipinski definition) is 7. The van der Waals surface area contributed by atoms with E-state index in [9.17, 15) is 9.90 Å². The molecule has 0 unspecified atom stereocenters. The molecule has 0 spiro atoms. The van der Waals surface area contributed by atoms with Gasteiger partial charge in [-0.25, -0.2) is 4.68 Å². The third-order valence-electron chi connectivity index (χ3n) is 9.67. The summed E-state index contributed by atoms with van der Waals surface area (Å²) in [5, 5.41) is 37.2. The molecule has 0 amide bonds. The second-order valence-corrected chi connectivity index (χ2v) is 13.5. The molecule has 10 nitrogen and oxygen atoms in total. The number of carbonyl (C=O) groups excluding carboxylic acids is 1. The zero-order valence-corrected chi connectivity index (χ0v) is 34.5. The van der Waals surface area contributed by atoms with Gasteiger partial charge >= 0.3 is 0 Å². The monoisotopic (exact) mass is 959 g/mol. The van der Waals surface area contributed by atoms with E-state index in [2.05, 4.69) is 61.9 Å². The average Bonchev–Trinajstić information content (AvgIpc) is 4.01. The number of aromatic nitrogens is 8. The van der Waals surface area contributed by atoms with E-state index in [1.165, 1.54) is 4.68 Å². The molecule has 60 heavy (non-hydrogen) atoms. The summed E-state index contributed by atoms with van der Waals surface area (Å²) in [5.74, 6) is -0.361.